The molecule has 0 saturated carbocycles. The molecule has 3 heteroatoms. The highest BCUT2D eigenvalue weighted by atomic mass is 15.2. The molecule has 0 aliphatic carbocycles. The van der Waals surface area contributed by atoms with Crippen LogP contribution in [0.2, 0.25) is 0 Å². The summed E-state index contributed by atoms with van der Waals surface area (Å²) in [5, 5.41) is 8.88. The van der Waals surface area contributed by atoms with E-state index in [1.165, 1.54) is 24.8 Å². The number of nitrogens with zero attached hydrogens (tertiary/aromatic N) is 2. The molecule has 0 spiro atoms. The molecular formula is C17H25N3. The van der Waals surface area contributed by atoms with E-state index in [4.69, 9.17) is 11.0 Å². The molecule has 1 aliphatic heterocycles. The van der Waals surface area contributed by atoms with Gasteiger partial charge in [0.2, 0.25) is 0 Å². The molecule has 20 heavy (non-hydrogen) atoms. The minimum atomic E-state index is 0.370. The average molecular weight is 271 g/mol. The first-order valence-electron chi connectivity index (χ1n) is 7.65. The highest BCUT2D eigenvalue weighted by Gasteiger charge is 2.30. The van der Waals surface area contributed by atoms with Crippen LogP contribution in [0.4, 0.5) is 0 Å². The summed E-state index contributed by atoms with van der Waals surface area (Å²) in [6.07, 6.45) is 3.75. The van der Waals surface area contributed by atoms with E-state index in [2.05, 4.69) is 36.9 Å². The average Bonchev–Trinajstić information content (AvgIpc) is 2.53. The van der Waals surface area contributed by atoms with Crippen LogP contribution < -0.4 is 5.73 Å². The number of piperidine rings is 1. The molecule has 1 saturated heterocycles. The summed E-state index contributed by atoms with van der Waals surface area (Å²) in [5.74, 6) is 0.827. The number of nitrogens with two attached hydrogens (primary N) is 1. The van der Waals surface area contributed by atoms with E-state index in [9.17, 15) is 0 Å². The van der Waals surface area contributed by atoms with Crippen molar-refractivity contribution < 1.29 is 0 Å². The van der Waals surface area contributed by atoms with Gasteiger partial charge in [-0.15, -0.1) is 0 Å². The first-order chi connectivity index (χ1) is 9.69. The monoisotopic (exact) mass is 271 g/mol. The van der Waals surface area contributed by atoms with Gasteiger partial charge in [-0.3, -0.25) is 4.90 Å². The molecular weight excluding hydrogens is 246 g/mol. The van der Waals surface area contributed by atoms with E-state index in [1.807, 2.05) is 12.1 Å². The van der Waals surface area contributed by atoms with Crippen molar-refractivity contribution >= 4 is 0 Å². The van der Waals surface area contributed by atoms with Crippen LogP contribution >= 0.6 is 0 Å². The molecule has 1 aliphatic rings. The van der Waals surface area contributed by atoms with Gasteiger partial charge in [-0.25, -0.2) is 0 Å². The number of likely N-dealkylation sites (tertiary alicyclic amines) is 1. The maximum atomic E-state index is 8.88. The summed E-state index contributed by atoms with van der Waals surface area (Å²) < 4.78 is 0. The second-order valence-corrected chi connectivity index (χ2v) is 5.84. The van der Waals surface area contributed by atoms with Crippen LogP contribution in [0.3, 0.4) is 0 Å². The molecule has 0 amide bonds. The van der Waals surface area contributed by atoms with Crippen LogP contribution in [0.25, 0.3) is 0 Å². The first-order valence-corrected chi connectivity index (χ1v) is 7.65. The lowest BCUT2D eigenvalue weighted by molar-refractivity contribution is 0.0773. The van der Waals surface area contributed by atoms with E-state index < -0.39 is 0 Å². The van der Waals surface area contributed by atoms with Crippen LogP contribution in [0, 0.1) is 17.2 Å². The molecule has 2 rings (SSSR count). The summed E-state index contributed by atoms with van der Waals surface area (Å²) in [4.78, 5) is 2.54. The molecule has 3 atom stereocenters. The summed E-state index contributed by atoms with van der Waals surface area (Å²) in [6.45, 7) is 6.38. The van der Waals surface area contributed by atoms with E-state index in [-0.39, 0.29) is 0 Å². The minimum absolute atomic E-state index is 0.370. The van der Waals surface area contributed by atoms with Crippen molar-refractivity contribution in [2.45, 2.75) is 45.2 Å². The minimum Gasteiger partial charge on any atom is -0.329 e. The van der Waals surface area contributed by atoms with E-state index in [0.29, 0.717) is 12.1 Å². The van der Waals surface area contributed by atoms with Gasteiger partial charge in [-0.1, -0.05) is 25.5 Å². The number of benzene rings is 1. The zero-order valence-corrected chi connectivity index (χ0v) is 12.5. The van der Waals surface area contributed by atoms with Crippen LogP contribution in [0.15, 0.2) is 24.3 Å². The van der Waals surface area contributed by atoms with E-state index >= 15 is 0 Å². The predicted octanol–water partition coefficient (Wildman–Crippen LogP) is 3.07. The second kappa shape index (κ2) is 6.88. The van der Waals surface area contributed by atoms with Gasteiger partial charge in [0, 0.05) is 18.6 Å². The first kappa shape index (κ1) is 15.0. The third-order valence-corrected chi connectivity index (χ3v) is 4.74. The third-order valence-electron chi connectivity index (χ3n) is 4.74. The Hall–Kier alpha value is -1.37. The molecule has 3 unspecified atom stereocenters. The molecule has 2 N–H and O–H groups in total. The van der Waals surface area contributed by atoms with E-state index in [1.54, 1.807) is 0 Å². The highest BCUT2D eigenvalue weighted by Crippen LogP contribution is 2.31. The Morgan fingerprint density at radius 3 is 2.65 bits per heavy atom. The van der Waals surface area contributed by atoms with Crippen LogP contribution in [-0.2, 0) is 0 Å². The maximum absolute atomic E-state index is 8.88. The molecule has 0 aromatic heterocycles. The highest BCUT2D eigenvalue weighted by molar-refractivity contribution is 5.32. The Morgan fingerprint density at radius 1 is 1.40 bits per heavy atom. The van der Waals surface area contributed by atoms with Crippen molar-refractivity contribution in [3.63, 3.8) is 0 Å². The van der Waals surface area contributed by atoms with Gasteiger partial charge in [0.25, 0.3) is 0 Å². The smallest absolute Gasteiger partial charge is 0.0991 e. The third kappa shape index (κ3) is 3.20. The lowest BCUT2D eigenvalue weighted by Crippen LogP contribution is -2.47. The normalized spacial score (nSPS) is 25.1. The van der Waals surface area contributed by atoms with E-state index in [0.717, 1.165) is 24.6 Å². The molecule has 1 aromatic carbocycles. The zero-order valence-electron chi connectivity index (χ0n) is 12.5. The fourth-order valence-corrected chi connectivity index (χ4v) is 3.29. The van der Waals surface area contributed by atoms with Gasteiger partial charge in [0.15, 0.2) is 0 Å². The van der Waals surface area contributed by atoms with Crippen LogP contribution in [0.1, 0.15) is 50.3 Å². The summed E-state index contributed by atoms with van der Waals surface area (Å²) in [7, 11) is 0. The molecule has 0 radical (unpaired) electrons. The van der Waals surface area contributed by atoms with Crippen molar-refractivity contribution in [3.05, 3.63) is 35.4 Å². The largest absolute Gasteiger partial charge is 0.329 e. The summed E-state index contributed by atoms with van der Waals surface area (Å²) >= 11 is 0. The van der Waals surface area contributed by atoms with Crippen molar-refractivity contribution in [2.75, 3.05) is 13.1 Å². The molecule has 1 aromatic rings. The Kier molecular flexibility index (Phi) is 5.17. The van der Waals surface area contributed by atoms with Gasteiger partial charge in [0.1, 0.15) is 0 Å². The second-order valence-electron chi connectivity index (χ2n) is 5.84. The zero-order chi connectivity index (χ0) is 14.5. The van der Waals surface area contributed by atoms with Crippen molar-refractivity contribution in [2.24, 2.45) is 11.7 Å². The molecule has 1 fully saturated rings. The molecule has 108 valence electrons. The fourth-order valence-electron chi connectivity index (χ4n) is 3.29. The maximum Gasteiger partial charge on any atom is 0.0991 e. The van der Waals surface area contributed by atoms with Crippen molar-refractivity contribution in [1.29, 1.82) is 5.26 Å². The standard InChI is InChI=1S/C17H25N3/c1-3-14-8-9-20(17(10-14)12-19)13(2)16-6-4-15(11-18)5-7-16/h4-7,13-14,17H,3,8-10,12,19H2,1-2H3. The summed E-state index contributed by atoms with van der Waals surface area (Å²) in [5.41, 5.74) is 7.99. The van der Waals surface area contributed by atoms with Gasteiger partial charge in [-0.05, 0) is 49.9 Å². The molecule has 1 heterocycles. The SMILES string of the molecule is CCC1CCN(C(C)c2ccc(C#N)cc2)C(CN)C1. The number of hydrogen-bond donors (Lipinski definition) is 1. The number of rotatable bonds is 4. The van der Waals surface area contributed by atoms with Gasteiger partial charge in [-0.2, -0.15) is 5.26 Å². The number of hydrogen-bond acceptors (Lipinski definition) is 3. The topological polar surface area (TPSA) is 53.0 Å². The fraction of sp³-hybridized carbons (Fsp3) is 0.588. The van der Waals surface area contributed by atoms with Crippen LogP contribution in [0.5, 0.6) is 0 Å². The van der Waals surface area contributed by atoms with Gasteiger partial charge >= 0.3 is 0 Å². The summed E-state index contributed by atoms with van der Waals surface area (Å²) in [6, 6.07) is 11.0. The Balaban J connectivity index is 2.10. The number of nitriles is 1. The molecule has 0 bridgehead atoms. The lowest BCUT2D eigenvalue weighted by atomic mass is 9.87. The molecule has 3 nitrogen and oxygen atoms in total. The van der Waals surface area contributed by atoms with Gasteiger partial charge in [0.05, 0.1) is 11.6 Å². The predicted molar refractivity (Wildman–Crippen MR) is 82.1 cm³/mol. The Bertz CT molecular complexity index is 460. The van der Waals surface area contributed by atoms with Crippen molar-refractivity contribution in [3.8, 4) is 6.07 Å². The Labute approximate surface area is 122 Å². The lowest BCUT2D eigenvalue weighted by Gasteiger charge is -2.42. The van der Waals surface area contributed by atoms with Gasteiger partial charge < -0.3 is 5.73 Å². The Morgan fingerprint density at radius 2 is 2.10 bits per heavy atom. The quantitative estimate of drug-likeness (QED) is 0.915. The van der Waals surface area contributed by atoms with Crippen molar-refractivity contribution in [1.82, 2.24) is 4.90 Å². The van der Waals surface area contributed by atoms with Crippen LogP contribution in [-0.4, -0.2) is 24.0 Å².